The van der Waals surface area contributed by atoms with Crippen molar-refractivity contribution in [1.29, 1.82) is 0 Å². The Morgan fingerprint density at radius 2 is 0.550 bits per heavy atom. The predicted octanol–water partition coefficient (Wildman–Crippen LogP) is 32.8. The Kier molecular flexibility index (Phi) is 29.4. The van der Waals surface area contributed by atoms with Crippen LogP contribution in [0.25, 0.3) is 131 Å². The zero-order valence-corrected chi connectivity index (χ0v) is 85.3. The molecule has 149 heavy (non-hydrogen) atoms. The fourth-order valence-electron chi connectivity index (χ4n) is 20.6. The molecular formula is C131H110F4N6O7S. The van der Waals surface area contributed by atoms with Crippen molar-refractivity contribution in [2.24, 2.45) is 0 Å². The van der Waals surface area contributed by atoms with E-state index >= 15 is 0 Å². The molecule has 0 radical (unpaired) electrons. The number of carbonyl (C=O) groups excluding carboxylic acids is 6. The summed E-state index contributed by atoms with van der Waals surface area (Å²) in [5.74, 6) is -4.42. The van der Waals surface area contributed by atoms with Crippen molar-refractivity contribution in [3.8, 4) is 5.75 Å². The number of ether oxygens (including phenoxy) is 1. The van der Waals surface area contributed by atoms with Crippen molar-refractivity contribution < 1.29 is 51.1 Å². The number of carbonyl (C=O) groups is 6. The Labute approximate surface area is 864 Å². The first-order chi connectivity index (χ1) is 72.4. The van der Waals surface area contributed by atoms with E-state index in [1.807, 2.05) is 220 Å². The van der Waals surface area contributed by atoms with E-state index in [-0.39, 0.29) is 51.6 Å². The molecular weight excluding hydrogens is 1880 g/mol. The zero-order valence-electron chi connectivity index (χ0n) is 84.5. The second-order valence-electron chi connectivity index (χ2n) is 37.1. The fraction of sp³-hybridized carbons (Fsp3) is 0.145. The van der Waals surface area contributed by atoms with Gasteiger partial charge in [0, 0.05) is 220 Å². The third-order valence-electron chi connectivity index (χ3n) is 28.1. The minimum Gasteiger partial charge on any atom is -0.486 e. The summed E-state index contributed by atoms with van der Waals surface area (Å²) in [6, 6.07) is 124. The van der Waals surface area contributed by atoms with Crippen LogP contribution in [0.5, 0.6) is 5.75 Å². The zero-order chi connectivity index (χ0) is 104. The summed E-state index contributed by atoms with van der Waals surface area (Å²) in [7, 11) is 0. The molecule has 740 valence electrons. The first-order valence-corrected chi connectivity index (χ1v) is 51.3. The van der Waals surface area contributed by atoms with Crippen LogP contribution >= 0.6 is 11.3 Å². The fourth-order valence-corrected chi connectivity index (χ4v) is 21.3. The molecule has 7 aromatic heterocycles. The summed E-state index contributed by atoms with van der Waals surface area (Å²) in [6.45, 7) is 23.7. The Morgan fingerprint density at radius 3 is 0.886 bits per heavy atom. The highest BCUT2D eigenvalue weighted by Crippen LogP contribution is 2.40. The Balaban J connectivity index is 0.000000113. The molecule has 0 bridgehead atoms. The number of nitrogens with zero attached hydrogens (tertiary/aromatic N) is 6. The van der Waals surface area contributed by atoms with Crippen LogP contribution in [0.15, 0.2) is 394 Å². The monoisotopic (exact) mass is 1990 g/mol. The van der Waals surface area contributed by atoms with E-state index in [0.717, 1.165) is 172 Å². The second kappa shape index (κ2) is 43.6. The lowest BCUT2D eigenvalue weighted by Crippen LogP contribution is -2.34. The quantitative estimate of drug-likeness (QED) is 0.0486. The van der Waals surface area contributed by atoms with Crippen LogP contribution in [-0.4, -0.2) is 80.8 Å². The van der Waals surface area contributed by atoms with Crippen LogP contribution in [0.3, 0.4) is 0 Å². The molecule has 0 N–H and O–H groups in total. The van der Waals surface area contributed by atoms with Crippen molar-refractivity contribution in [3.05, 3.63) is 482 Å². The number of alkyl halides is 3. The maximum absolute atomic E-state index is 13.9. The maximum atomic E-state index is 13.9. The predicted molar refractivity (Wildman–Crippen MR) is 603 cm³/mol. The van der Waals surface area contributed by atoms with Crippen molar-refractivity contribution in [2.75, 3.05) is 6.61 Å². The molecule has 0 fully saturated rings. The average Bonchev–Trinajstić information content (AvgIpc) is 1.63. The summed E-state index contributed by atoms with van der Waals surface area (Å²) < 4.78 is 73.1. The first kappa shape index (κ1) is 100. The molecule has 0 saturated heterocycles. The highest BCUT2D eigenvalue weighted by atomic mass is 32.1. The number of hydrogen-bond donors (Lipinski definition) is 0. The van der Waals surface area contributed by atoms with Gasteiger partial charge in [-0.15, -0.1) is 11.3 Å². The van der Waals surface area contributed by atoms with Gasteiger partial charge in [0.05, 0.1) is 16.0 Å². The molecule has 0 aliphatic rings. The standard InChI is InChI=1S/C25H22F3NO2.3C22H19NO.C21H16FNO.C19H15NOS/c1-3-29-21-10-6-4-8-18(21)20-14-17(12-13-22(20)29)24(30)19-9-5-7-11-23(19)31-15-25(27,28)16(2)26;1-3-23-20-10-5-4-9-18(20)19-14-17(11-12-21(19)23)22(24)16-8-6-7-15(2)13-16;1-3-23-20-11-7-6-10-18(20)19-14-16(12-13-21(19)23)22(24)17-9-5-4-8-15(17)2;1-3-23-20-7-5-4-6-18(20)19-14-17(12-13-21(19)23)22(24)16-10-8-15(2)9-11-16;1-2-23-19-10-6-4-7-15(19)17-13-14(11-12-20(17)23)21(24)16-8-3-5-9-18(16)22;1-2-20-16-7-4-3-6-14(16)15-12-13(9-10-17(15)20)19(21)18-8-5-11-22-18/h4-14,16H,3,15H2,1-2H3;3*4-14H,3H2,1-2H3;3-13H,2H2,1H3;3-12H,2H2,1H3. The lowest BCUT2D eigenvalue weighted by molar-refractivity contribution is -0.0941. The second-order valence-corrected chi connectivity index (χ2v) is 38.1. The molecule has 1 unspecified atom stereocenters. The van der Waals surface area contributed by atoms with Crippen LogP contribution in [0.2, 0.25) is 0 Å². The number of ketones is 6. The van der Waals surface area contributed by atoms with Gasteiger partial charge in [-0.1, -0.05) is 217 Å². The van der Waals surface area contributed by atoms with Crippen LogP contribution in [0.1, 0.15) is 160 Å². The van der Waals surface area contributed by atoms with Gasteiger partial charge in [-0.2, -0.15) is 8.78 Å². The lowest BCUT2D eigenvalue weighted by Gasteiger charge is -2.19. The van der Waals surface area contributed by atoms with E-state index in [1.54, 1.807) is 36.4 Å². The Hall–Kier alpha value is -17.2. The number of aromatic nitrogens is 6. The number of halogens is 4. The van der Waals surface area contributed by atoms with E-state index in [9.17, 15) is 46.3 Å². The van der Waals surface area contributed by atoms with E-state index in [2.05, 4.69) is 202 Å². The number of hydrogen-bond acceptors (Lipinski definition) is 8. The van der Waals surface area contributed by atoms with Crippen LogP contribution in [0, 0.1) is 26.6 Å². The highest BCUT2D eigenvalue weighted by molar-refractivity contribution is 7.12. The Morgan fingerprint density at radius 1 is 0.268 bits per heavy atom. The summed E-state index contributed by atoms with van der Waals surface area (Å²) in [5, 5.41) is 15.5. The first-order valence-electron chi connectivity index (χ1n) is 50.5. The molecule has 0 aliphatic carbocycles. The molecule has 13 nitrogen and oxygen atoms in total. The largest absolute Gasteiger partial charge is 0.486 e. The van der Waals surface area contributed by atoms with Gasteiger partial charge >= 0.3 is 5.92 Å². The number of fused-ring (bicyclic) bond motifs is 18. The molecule has 7 heterocycles. The van der Waals surface area contributed by atoms with Crippen molar-refractivity contribution >= 4 is 177 Å². The molecule has 0 saturated carbocycles. The average molecular weight is 1990 g/mol. The molecule has 24 rings (SSSR count). The Bertz CT molecular complexity index is 9090. The van der Waals surface area contributed by atoms with Gasteiger partial charge in [-0.25, -0.2) is 8.78 Å². The number of para-hydroxylation sites is 7. The van der Waals surface area contributed by atoms with Crippen LogP contribution < -0.4 is 4.74 Å². The molecule has 18 heteroatoms. The molecule has 0 aliphatic heterocycles. The van der Waals surface area contributed by atoms with Crippen LogP contribution in [-0.2, 0) is 39.3 Å². The van der Waals surface area contributed by atoms with E-state index in [0.29, 0.717) is 11.1 Å². The molecule has 24 aromatic rings. The topological polar surface area (TPSA) is 141 Å². The van der Waals surface area contributed by atoms with Gasteiger partial charge in [0.15, 0.2) is 41.7 Å². The van der Waals surface area contributed by atoms with Crippen molar-refractivity contribution in [2.45, 2.75) is 121 Å². The van der Waals surface area contributed by atoms with Crippen molar-refractivity contribution in [3.63, 3.8) is 0 Å². The van der Waals surface area contributed by atoms with Gasteiger partial charge in [-0.3, -0.25) is 28.8 Å². The van der Waals surface area contributed by atoms with Crippen molar-refractivity contribution in [1.82, 2.24) is 27.4 Å². The molecule has 0 spiro atoms. The van der Waals surface area contributed by atoms with Crippen LogP contribution in [0.4, 0.5) is 17.6 Å². The normalized spacial score (nSPS) is 11.6. The van der Waals surface area contributed by atoms with Gasteiger partial charge in [-0.05, 0) is 262 Å². The summed E-state index contributed by atoms with van der Waals surface area (Å²) in [4.78, 5) is 77.8. The number of rotatable bonds is 22. The van der Waals surface area contributed by atoms with E-state index < -0.39 is 24.5 Å². The third kappa shape index (κ3) is 19.8. The van der Waals surface area contributed by atoms with Gasteiger partial charge in [0.2, 0.25) is 5.78 Å². The summed E-state index contributed by atoms with van der Waals surface area (Å²) >= 11 is 1.49. The number of thiophene rings is 1. The minimum absolute atomic E-state index is 0.00362. The number of aryl methyl sites for hydroxylation is 9. The third-order valence-corrected chi connectivity index (χ3v) is 29.0. The minimum atomic E-state index is -3.64. The van der Waals surface area contributed by atoms with Gasteiger partial charge in [0.1, 0.15) is 11.6 Å². The van der Waals surface area contributed by atoms with Gasteiger partial charge < -0.3 is 32.1 Å². The maximum Gasteiger partial charge on any atom is 0.311 e. The van der Waals surface area contributed by atoms with Gasteiger partial charge in [0.25, 0.3) is 0 Å². The molecule has 0 amide bonds. The SMILES string of the molecule is CCn1c2ccccc2c2cc(C(=O)c3ccc(C)cc3)ccc21.CCn1c2ccccc2c2cc(C(=O)c3cccc(C)c3)ccc21.CCn1c2ccccc2c2cc(C(=O)c3ccccc3C)ccc21.CCn1c2ccccc2c2cc(C(=O)c3ccccc3F)ccc21.CCn1c2ccccc2c2cc(C(=O)c3ccccc3OCC(F)(F)C(C)F)ccc21.CCn1c2ccccc2c2cc(C(=O)c3cccs3)ccc21. The van der Waals surface area contributed by atoms with E-state index in [4.69, 9.17) is 4.74 Å². The molecule has 1 atom stereocenters. The summed E-state index contributed by atoms with van der Waals surface area (Å²) in [6.07, 6.45) is -2.35. The summed E-state index contributed by atoms with van der Waals surface area (Å²) in [5.41, 5.74) is 23.6. The lowest BCUT2D eigenvalue weighted by atomic mass is 9.98. The highest BCUT2D eigenvalue weighted by Gasteiger charge is 2.38. The van der Waals surface area contributed by atoms with E-state index in [1.165, 1.54) is 101 Å². The number of benzene rings is 17. The smallest absolute Gasteiger partial charge is 0.311 e. The molecule has 17 aromatic carbocycles.